The summed E-state index contributed by atoms with van der Waals surface area (Å²) in [5.74, 6) is 1.77. The summed E-state index contributed by atoms with van der Waals surface area (Å²) in [6, 6.07) is 16.5. The molecule has 2 aliphatic heterocycles. The zero-order chi connectivity index (χ0) is 21.7. The SMILES string of the molecule is COc1ccc2c(c1)[C@]13CCN(CC4CC4)[C@H](C2)C1OCC(NC(=O)c1ccccc1)C3. The second kappa shape index (κ2) is 7.89. The van der Waals surface area contributed by atoms with Gasteiger partial charge in [0, 0.05) is 23.6 Å². The normalized spacial score (nSPS) is 31.3. The lowest BCUT2D eigenvalue weighted by molar-refractivity contribution is -0.136. The Balaban J connectivity index is 1.32. The van der Waals surface area contributed by atoms with E-state index in [1.807, 2.05) is 30.3 Å². The number of benzene rings is 2. The Bertz CT molecular complexity index is 1010. The van der Waals surface area contributed by atoms with E-state index in [-0.39, 0.29) is 23.5 Å². The summed E-state index contributed by atoms with van der Waals surface area (Å²) >= 11 is 0. The molecule has 2 aliphatic carbocycles. The minimum atomic E-state index is -0.0697. The van der Waals surface area contributed by atoms with Crippen LogP contribution in [-0.4, -0.2) is 55.8 Å². The molecule has 1 N–H and O–H groups in total. The molecular formula is C27H32N2O3. The molecule has 4 aliphatic rings. The minimum Gasteiger partial charge on any atom is -0.497 e. The van der Waals surface area contributed by atoms with E-state index >= 15 is 0 Å². The number of ether oxygens (including phenoxy) is 2. The number of carbonyl (C=O) groups is 1. The van der Waals surface area contributed by atoms with Crippen LogP contribution in [0.1, 0.15) is 47.2 Å². The number of rotatable bonds is 5. The van der Waals surface area contributed by atoms with Crippen LogP contribution in [0, 0.1) is 5.92 Å². The molecule has 5 nitrogen and oxygen atoms in total. The van der Waals surface area contributed by atoms with Crippen molar-refractivity contribution in [2.45, 2.75) is 55.7 Å². The summed E-state index contributed by atoms with van der Waals surface area (Å²) in [4.78, 5) is 15.6. The fourth-order valence-corrected chi connectivity index (χ4v) is 6.41. The van der Waals surface area contributed by atoms with Gasteiger partial charge in [-0.1, -0.05) is 24.3 Å². The highest BCUT2D eigenvalue weighted by Gasteiger charge is 2.57. The molecule has 2 aromatic carbocycles. The van der Waals surface area contributed by atoms with Crippen molar-refractivity contribution in [1.29, 1.82) is 0 Å². The number of likely N-dealkylation sites (tertiary alicyclic amines) is 1. The van der Waals surface area contributed by atoms with Gasteiger partial charge in [0.25, 0.3) is 5.91 Å². The van der Waals surface area contributed by atoms with Gasteiger partial charge in [-0.3, -0.25) is 9.69 Å². The Morgan fingerprint density at radius 1 is 1.22 bits per heavy atom. The summed E-state index contributed by atoms with van der Waals surface area (Å²) in [6.07, 6.45) is 5.96. The third-order valence-electron chi connectivity index (χ3n) is 8.14. The van der Waals surface area contributed by atoms with Crippen LogP contribution < -0.4 is 10.1 Å². The standard InChI is InChI=1S/C27H32N2O3/c1-31-22-10-9-20-13-24-25-27(23(20)14-22,11-12-29(24)16-18-7-8-18)15-21(17-32-25)28-26(30)19-5-3-2-4-6-19/h2-6,9-10,14,18,21,24-25H,7-8,11-13,15-17H2,1H3,(H,28,30)/t21?,24-,25?,27-/m1/s1. The van der Waals surface area contributed by atoms with Crippen molar-refractivity contribution in [2.75, 3.05) is 26.8 Å². The van der Waals surface area contributed by atoms with E-state index in [0.717, 1.165) is 37.5 Å². The quantitative estimate of drug-likeness (QED) is 0.785. The largest absolute Gasteiger partial charge is 0.497 e. The molecule has 2 heterocycles. The van der Waals surface area contributed by atoms with Gasteiger partial charge in [0.1, 0.15) is 5.75 Å². The zero-order valence-corrected chi connectivity index (χ0v) is 18.8. The van der Waals surface area contributed by atoms with Gasteiger partial charge in [-0.05, 0) is 80.0 Å². The summed E-state index contributed by atoms with van der Waals surface area (Å²) < 4.78 is 12.3. The fraction of sp³-hybridized carbons (Fsp3) is 0.519. The molecule has 4 atom stereocenters. The van der Waals surface area contributed by atoms with E-state index in [4.69, 9.17) is 9.47 Å². The fourth-order valence-electron chi connectivity index (χ4n) is 6.41. The van der Waals surface area contributed by atoms with E-state index in [2.05, 4.69) is 28.4 Å². The summed E-state index contributed by atoms with van der Waals surface area (Å²) in [5.41, 5.74) is 3.43. The van der Waals surface area contributed by atoms with Crippen LogP contribution in [0.5, 0.6) is 5.75 Å². The first-order chi connectivity index (χ1) is 15.7. The lowest BCUT2D eigenvalue weighted by Crippen LogP contribution is -2.68. The third kappa shape index (κ3) is 3.43. The Morgan fingerprint density at radius 2 is 2.06 bits per heavy atom. The molecule has 2 saturated heterocycles. The number of hydrogen-bond donors (Lipinski definition) is 1. The number of piperidine rings is 1. The molecule has 2 unspecified atom stereocenters. The molecule has 32 heavy (non-hydrogen) atoms. The molecule has 2 aromatic rings. The Labute approximate surface area is 190 Å². The average molecular weight is 433 g/mol. The maximum absolute atomic E-state index is 12.9. The number of methoxy groups -OCH3 is 1. The van der Waals surface area contributed by atoms with Crippen molar-refractivity contribution in [3.8, 4) is 5.75 Å². The number of hydrogen-bond acceptors (Lipinski definition) is 4. The summed E-state index contributed by atoms with van der Waals surface area (Å²) in [7, 11) is 1.74. The van der Waals surface area contributed by atoms with Crippen molar-refractivity contribution in [3.63, 3.8) is 0 Å². The van der Waals surface area contributed by atoms with Gasteiger partial charge in [0.2, 0.25) is 0 Å². The highest BCUT2D eigenvalue weighted by molar-refractivity contribution is 5.94. The maximum Gasteiger partial charge on any atom is 0.251 e. The topological polar surface area (TPSA) is 50.8 Å². The average Bonchev–Trinajstić information content (AvgIpc) is 3.65. The molecule has 2 bridgehead atoms. The van der Waals surface area contributed by atoms with Crippen LogP contribution in [0.3, 0.4) is 0 Å². The van der Waals surface area contributed by atoms with E-state index in [0.29, 0.717) is 18.2 Å². The predicted molar refractivity (Wildman–Crippen MR) is 123 cm³/mol. The van der Waals surface area contributed by atoms with Crippen LogP contribution in [0.25, 0.3) is 0 Å². The number of nitrogens with zero attached hydrogens (tertiary/aromatic N) is 1. The summed E-state index contributed by atoms with van der Waals surface area (Å²) in [5, 5.41) is 3.27. The molecule has 3 fully saturated rings. The molecule has 6 rings (SSSR count). The van der Waals surface area contributed by atoms with Crippen molar-refractivity contribution >= 4 is 5.91 Å². The number of amides is 1. The van der Waals surface area contributed by atoms with Crippen LogP contribution in [0.4, 0.5) is 0 Å². The molecule has 0 spiro atoms. The minimum absolute atomic E-state index is 0.00624. The zero-order valence-electron chi connectivity index (χ0n) is 18.8. The van der Waals surface area contributed by atoms with E-state index in [1.54, 1.807) is 7.11 Å². The molecule has 1 saturated carbocycles. The van der Waals surface area contributed by atoms with Crippen molar-refractivity contribution in [3.05, 3.63) is 65.2 Å². The van der Waals surface area contributed by atoms with Crippen LogP contribution in [-0.2, 0) is 16.6 Å². The smallest absolute Gasteiger partial charge is 0.251 e. The first kappa shape index (κ1) is 20.3. The summed E-state index contributed by atoms with van der Waals surface area (Å²) in [6.45, 7) is 2.90. The molecule has 0 aromatic heterocycles. The van der Waals surface area contributed by atoms with Crippen molar-refractivity contribution < 1.29 is 14.3 Å². The first-order valence-electron chi connectivity index (χ1n) is 12.1. The van der Waals surface area contributed by atoms with Gasteiger partial charge in [-0.15, -0.1) is 0 Å². The highest BCUT2D eigenvalue weighted by Crippen LogP contribution is 2.52. The van der Waals surface area contributed by atoms with Crippen molar-refractivity contribution in [1.82, 2.24) is 10.2 Å². The Kier molecular flexibility index (Phi) is 4.99. The van der Waals surface area contributed by atoms with Gasteiger partial charge >= 0.3 is 0 Å². The second-order valence-electron chi connectivity index (χ2n) is 10.1. The van der Waals surface area contributed by atoms with Gasteiger partial charge in [0.05, 0.1) is 25.9 Å². The second-order valence-corrected chi connectivity index (χ2v) is 10.1. The molecule has 168 valence electrons. The third-order valence-corrected chi connectivity index (χ3v) is 8.14. The van der Waals surface area contributed by atoms with Gasteiger partial charge in [0.15, 0.2) is 0 Å². The number of nitrogens with one attached hydrogen (secondary N) is 1. The lowest BCUT2D eigenvalue weighted by Gasteiger charge is -2.59. The maximum atomic E-state index is 12.9. The first-order valence-corrected chi connectivity index (χ1v) is 12.1. The van der Waals surface area contributed by atoms with E-state index in [9.17, 15) is 4.79 Å². The molecular weight excluding hydrogens is 400 g/mol. The van der Waals surface area contributed by atoms with E-state index < -0.39 is 0 Å². The van der Waals surface area contributed by atoms with Crippen LogP contribution >= 0.6 is 0 Å². The van der Waals surface area contributed by atoms with Gasteiger partial charge in [-0.25, -0.2) is 0 Å². The lowest BCUT2D eigenvalue weighted by atomic mass is 9.58. The Morgan fingerprint density at radius 3 is 2.84 bits per heavy atom. The molecule has 5 heteroatoms. The monoisotopic (exact) mass is 432 g/mol. The van der Waals surface area contributed by atoms with Crippen molar-refractivity contribution in [2.24, 2.45) is 5.92 Å². The molecule has 1 amide bonds. The predicted octanol–water partition coefficient (Wildman–Crippen LogP) is 3.56. The molecule has 0 radical (unpaired) electrons. The van der Waals surface area contributed by atoms with Crippen LogP contribution in [0.15, 0.2) is 48.5 Å². The van der Waals surface area contributed by atoms with Crippen LogP contribution in [0.2, 0.25) is 0 Å². The van der Waals surface area contributed by atoms with Gasteiger partial charge < -0.3 is 14.8 Å². The van der Waals surface area contributed by atoms with Gasteiger partial charge in [-0.2, -0.15) is 0 Å². The number of carbonyl (C=O) groups excluding carboxylic acids is 1. The highest BCUT2D eigenvalue weighted by atomic mass is 16.5. The number of fused-ring (bicyclic) bond motifs is 1. The Hall–Kier alpha value is -2.37. The van der Waals surface area contributed by atoms with E-state index in [1.165, 1.54) is 30.5 Å².